The molecule has 3 aromatic carbocycles. The molecule has 0 aliphatic carbocycles. The summed E-state index contributed by atoms with van der Waals surface area (Å²) in [5.74, 6) is 1.42. The van der Waals surface area contributed by atoms with Crippen molar-refractivity contribution in [2.45, 2.75) is 33.1 Å². The Labute approximate surface area is 203 Å². The number of ether oxygens (including phenoxy) is 2. The van der Waals surface area contributed by atoms with Gasteiger partial charge in [-0.25, -0.2) is 0 Å². The molecule has 0 saturated heterocycles. The minimum absolute atomic E-state index is 0.0170. The first kappa shape index (κ1) is 21.3. The Morgan fingerprint density at radius 1 is 0.914 bits per heavy atom. The van der Waals surface area contributed by atoms with E-state index in [4.69, 9.17) is 14.6 Å². The number of hydrogen-bond acceptors (Lipinski definition) is 5. The summed E-state index contributed by atoms with van der Waals surface area (Å²) in [7, 11) is 0. The highest BCUT2D eigenvalue weighted by Crippen LogP contribution is 2.38. The van der Waals surface area contributed by atoms with Crippen molar-refractivity contribution in [1.29, 1.82) is 0 Å². The molecule has 0 fully saturated rings. The number of anilines is 1. The van der Waals surface area contributed by atoms with Crippen LogP contribution in [0.3, 0.4) is 0 Å². The molecule has 6 rings (SSSR count). The summed E-state index contributed by atoms with van der Waals surface area (Å²) in [6, 6.07) is 23.8. The second-order valence-electron chi connectivity index (χ2n) is 8.94. The van der Waals surface area contributed by atoms with Gasteiger partial charge >= 0.3 is 0 Å². The highest BCUT2D eigenvalue weighted by atomic mass is 16.7. The summed E-state index contributed by atoms with van der Waals surface area (Å²) in [5.41, 5.74) is 6.60. The van der Waals surface area contributed by atoms with E-state index in [0.29, 0.717) is 24.4 Å². The Bertz CT molecular complexity index is 1410. The van der Waals surface area contributed by atoms with E-state index in [1.807, 2.05) is 77.2 Å². The SMILES string of the molecule is Cc1nn(Cc2ccccc2)c(C)c1[C@H]1Nc2ccccc2C(=O)N1Cc1ccc2c(c1)OCO2. The largest absolute Gasteiger partial charge is 0.454 e. The average Bonchev–Trinajstić information content (AvgIpc) is 3.45. The molecule has 1 aromatic heterocycles. The normalized spacial score (nSPS) is 16.2. The van der Waals surface area contributed by atoms with Gasteiger partial charge in [-0.05, 0) is 49.2 Å². The fourth-order valence-electron chi connectivity index (χ4n) is 4.94. The van der Waals surface area contributed by atoms with E-state index in [-0.39, 0.29) is 18.9 Å². The maximum atomic E-state index is 13.8. The summed E-state index contributed by atoms with van der Waals surface area (Å²) in [5, 5.41) is 8.47. The van der Waals surface area contributed by atoms with Crippen LogP contribution in [0.4, 0.5) is 5.69 Å². The van der Waals surface area contributed by atoms with E-state index in [9.17, 15) is 4.79 Å². The maximum Gasteiger partial charge on any atom is 0.258 e. The first-order chi connectivity index (χ1) is 17.1. The number of carbonyl (C=O) groups is 1. The predicted octanol–water partition coefficient (Wildman–Crippen LogP) is 5.04. The van der Waals surface area contributed by atoms with E-state index in [2.05, 4.69) is 24.4 Å². The lowest BCUT2D eigenvalue weighted by molar-refractivity contribution is 0.0665. The van der Waals surface area contributed by atoms with Gasteiger partial charge < -0.3 is 19.7 Å². The molecule has 1 amide bonds. The third kappa shape index (κ3) is 3.79. The van der Waals surface area contributed by atoms with Crippen LogP contribution in [0.25, 0.3) is 0 Å². The molecule has 0 spiro atoms. The molecule has 1 atom stereocenters. The molecule has 176 valence electrons. The van der Waals surface area contributed by atoms with Gasteiger partial charge in [-0.3, -0.25) is 9.48 Å². The molecule has 4 aromatic rings. The lowest BCUT2D eigenvalue weighted by atomic mass is 10.0. The zero-order chi connectivity index (χ0) is 23.9. The van der Waals surface area contributed by atoms with Crippen LogP contribution in [0.1, 0.15) is 44.6 Å². The minimum Gasteiger partial charge on any atom is -0.454 e. The van der Waals surface area contributed by atoms with Crippen molar-refractivity contribution in [2.24, 2.45) is 0 Å². The van der Waals surface area contributed by atoms with Crippen LogP contribution >= 0.6 is 0 Å². The number of hydrogen-bond donors (Lipinski definition) is 1. The number of rotatable bonds is 5. The van der Waals surface area contributed by atoms with Crippen molar-refractivity contribution < 1.29 is 14.3 Å². The molecule has 0 bridgehead atoms. The van der Waals surface area contributed by atoms with Crippen molar-refractivity contribution in [3.05, 3.63) is 106 Å². The van der Waals surface area contributed by atoms with Crippen LogP contribution in [-0.2, 0) is 13.1 Å². The Hall–Kier alpha value is -4.26. The number of carbonyl (C=O) groups excluding carboxylic acids is 1. The number of nitrogens with one attached hydrogen (secondary N) is 1. The van der Waals surface area contributed by atoms with Gasteiger partial charge in [0.2, 0.25) is 6.79 Å². The molecule has 2 aliphatic heterocycles. The molecule has 7 heteroatoms. The van der Waals surface area contributed by atoms with E-state index in [0.717, 1.165) is 34.0 Å². The smallest absolute Gasteiger partial charge is 0.258 e. The van der Waals surface area contributed by atoms with Gasteiger partial charge in [0, 0.05) is 23.5 Å². The third-order valence-electron chi connectivity index (χ3n) is 6.70. The van der Waals surface area contributed by atoms with Crippen LogP contribution in [0.15, 0.2) is 72.8 Å². The van der Waals surface area contributed by atoms with E-state index in [1.165, 1.54) is 5.56 Å². The van der Waals surface area contributed by atoms with Gasteiger partial charge in [-0.2, -0.15) is 5.10 Å². The van der Waals surface area contributed by atoms with E-state index >= 15 is 0 Å². The summed E-state index contributed by atoms with van der Waals surface area (Å²) in [6.45, 7) is 5.40. The Kier molecular flexibility index (Phi) is 5.17. The molecule has 7 nitrogen and oxygen atoms in total. The number of aryl methyl sites for hydroxylation is 1. The van der Waals surface area contributed by atoms with Crippen LogP contribution in [0, 0.1) is 13.8 Å². The van der Waals surface area contributed by atoms with E-state index in [1.54, 1.807) is 0 Å². The maximum absolute atomic E-state index is 13.8. The molecule has 0 radical (unpaired) electrons. The van der Waals surface area contributed by atoms with Crippen molar-refractivity contribution in [3.63, 3.8) is 0 Å². The van der Waals surface area contributed by atoms with Crippen molar-refractivity contribution >= 4 is 11.6 Å². The quantitative estimate of drug-likeness (QED) is 0.446. The van der Waals surface area contributed by atoms with Gasteiger partial charge in [-0.1, -0.05) is 48.5 Å². The second-order valence-corrected chi connectivity index (χ2v) is 8.94. The fraction of sp³-hybridized carbons (Fsp3) is 0.214. The summed E-state index contributed by atoms with van der Waals surface area (Å²) >= 11 is 0. The first-order valence-corrected chi connectivity index (χ1v) is 11.7. The molecular formula is C28H26N4O3. The van der Waals surface area contributed by atoms with Gasteiger partial charge in [0.15, 0.2) is 11.5 Å². The first-order valence-electron chi connectivity index (χ1n) is 11.7. The molecular weight excluding hydrogens is 440 g/mol. The van der Waals surface area contributed by atoms with Gasteiger partial charge in [-0.15, -0.1) is 0 Å². The van der Waals surface area contributed by atoms with Crippen LogP contribution in [-0.4, -0.2) is 27.4 Å². The standard InChI is InChI=1S/C28H26N4O3/c1-18-26(19(2)32(30-18)16-20-8-4-3-5-9-20)27-29-23-11-7-6-10-22(23)28(33)31(27)15-21-12-13-24-25(14-21)35-17-34-24/h3-14,27,29H,15-17H2,1-2H3/t27-/m0/s1. The number of aromatic nitrogens is 2. The molecule has 2 aliphatic rings. The molecule has 0 saturated carbocycles. The zero-order valence-electron chi connectivity index (χ0n) is 19.7. The highest BCUT2D eigenvalue weighted by molar-refractivity contribution is 6.01. The number of para-hydroxylation sites is 1. The molecule has 35 heavy (non-hydrogen) atoms. The Balaban J connectivity index is 1.39. The zero-order valence-corrected chi connectivity index (χ0v) is 19.7. The van der Waals surface area contributed by atoms with Crippen LogP contribution in [0.2, 0.25) is 0 Å². The monoisotopic (exact) mass is 466 g/mol. The lowest BCUT2D eigenvalue weighted by Gasteiger charge is -2.38. The molecule has 3 heterocycles. The summed E-state index contributed by atoms with van der Waals surface area (Å²) < 4.78 is 13.0. The average molecular weight is 467 g/mol. The van der Waals surface area contributed by atoms with Crippen molar-refractivity contribution in [2.75, 3.05) is 12.1 Å². The minimum atomic E-state index is -0.354. The fourth-order valence-corrected chi connectivity index (χ4v) is 4.94. The summed E-state index contributed by atoms with van der Waals surface area (Å²) in [6.07, 6.45) is -0.354. The lowest BCUT2D eigenvalue weighted by Crippen LogP contribution is -2.42. The molecule has 1 N–H and O–H groups in total. The number of nitrogens with zero attached hydrogens (tertiary/aromatic N) is 3. The number of fused-ring (bicyclic) bond motifs is 2. The molecule has 0 unspecified atom stereocenters. The van der Waals surface area contributed by atoms with Gasteiger partial charge in [0.25, 0.3) is 5.91 Å². The second kappa shape index (κ2) is 8.51. The van der Waals surface area contributed by atoms with Gasteiger partial charge in [0.1, 0.15) is 6.17 Å². The Morgan fingerprint density at radius 3 is 2.54 bits per heavy atom. The predicted molar refractivity (Wildman–Crippen MR) is 132 cm³/mol. The third-order valence-corrected chi connectivity index (χ3v) is 6.70. The van der Waals surface area contributed by atoms with Crippen molar-refractivity contribution in [1.82, 2.24) is 14.7 Å². The number of amides is 1. The summed E-state index contributed by atoms with van der Waals surface area (Å²) in [4.78, 5) is 15.6. The highest BCUT2D eigenvalue weighted by Gasteiger charge is 2.36. The van der Waals surface area contributed by atoms with Crippen LogP contribution in [0.5, 0.6) is 11.5 Å². The van der Waals surface area contributed by atoms with Crippen LogP contribution < -0.4 is 14.8 Å². The topological polar surface area (TPSA) is 68.6 Å². The van der Waals surface area contributed by atoms with E-state index < -0.39 is 0 Å². The Morgan fingerprint density at radius 2 is 1.69 bits per heavy atom. The van der Waals surface area contributed by atoms with Crippen molar-refractivity contribution in [3.8, 4) is 11.5 Å². The number of benzene rings is 3. The van der Waals surface area contributed by atoms with Gasteiger partial charge in [0.05, 0.1) is 17.8 Å².